The van der Waals surface area contributed by atoms with Crippen molar-refractivity contribution < 1.29 is 0 Å². The smallest absolute Gasteiger partial charge is 0.0124 e. The average Bonchev–Trinajstić information content (AvgIpc) is 2.74. The minimum atomic E-state index is 0.541. The van der Waals surface area contributed by atoms with Gasteiger partial charge in [-0.25, -0.2) is 0 Å². The molecule has 1 heterocycles. The van der Waals surface area contributed by atoms with E-state index < -0.39 is 0 Å². The SMILES string of the molecule is C#CCCC(Cc1cccs1)NCCC. The average molecular weight is 221 g/mol. The van der Waals surface area contributed by atoms with Gasteiger partial charge in [-0.2, -0.15) is 0 Å². The molecule has 0 aliphatic carbocycles. The lowest BCUT2D eigenvalue weighted by Gasteiger charge is -2.16. The van der Waals surface area contributed by atoms with Crippen LogP contribution in [0.5, 0.6) is 0 Å². The first-order chi connectivity index (χ1) is 7.36. The van der Waals surface area contributed by atoms with Crippen molar-refractivity contribution in [1.29, 1.82) is 0 Å². The van der Waals surface area contributed by atoms with Crippen LogP contribution in [0.2, 0.25) is 0 Å². The van der Waals surface area contributed by atoms with Crippen LogP contribution < -0.4 is 5.32 Å². The van der Waals surface area contributed by atoms with Crippen molar-refractivity contribution >= 4 is 11.3 Å². The summed E-state index contributed by atoms with van der Waals surface area (Å²) in [6.07, 6.45) is 9.54. The summed E-state index contributed by atoms with van der Waals surface area (Å²) in [7, 11) is 0. The zero-order chi connectivity index (χ0) is 10.9. The summed E-state index contributed by atoms with van der Waals surface area (Å²) < 4.78 is 0. The van der Waals surface area contributed by atoms with Crippen LogP contribution in [0.1, 0.15) is 31.1 Å². The molecule has 1 aromatic rings. The predicted molar refractivity (Wildman–Crippen MR) is 68.2 cm³/mol. The number of hydrogen-bond donors (Lipinski definition) is 1. The summed E-state index contributed by atoms with van der Waals surface area (Å²) >= 11 is 1.83. The van der Waals surface area contributed by atoms with E-state index in [9.17, 15) is 0 Å². The first kappa shape index (κ1) is 12.3. The fourth-order valence-corrected chi connectivity index (χ4v) is 2.34. The first-order valence-electron chi connectivity index (χ1n) is 5.56. The summed E-state index contributed by atoms with van der Waals surface area (Å²) in [5, 5.41) is 5.69. The first-order valence-corrected chi connectivity index (χ1v) is 6.44. The minimum Gasteiger partial charge on any atom is -0.314 e. The Labute approximate surface area is 96.9 Å². The summed E-state index contributed by atoms with van der Waals surface area (Å²) in [5.41, 5.74) is 0. The van der Waals surface area contributed by atoms with E-state index >= 15 is 0 Å². The highest BCUT2D eigenvalue weighted by Gasteiger charge is 2.08. The molecule has 1 unspecified atom stereocenters. The molecule has 0 radical (unpaired) electrons. The van der Waals surface area contributed by atoms with Gasteiger partial charge < -0.3 is 5.32 Å². The highest BCUT2D eigenvalue weighted by atomic mass is 32.1. The van der Waals surface area contributed by atoms with Gasteiger partial charge in [0.15, 0.2) is 0 Å². The van der Waals surface area contributed by atoms with E-state index in [1.54, 1.807) is 0 Å². The lowest BCUT2D eigenvalue weighted by Crippen LogP contribution is -2.31. The van der Waals surface area contributed by atoms with Crippen LogP contribution in [-0.2, 0) is 6.42 Å². The van der Waals surface area contributed by atoms with Crippen molar-refractivity contribution in [3.63, 3.8) is 0 Å². The second-order valence-corrected chi connectivity index (χ2v) is 4.71. The normalized spacial score (nSPS) is 12.3. The maximum atomic E-state index is 5.30. The number of terminal acetylenes is 1. The Kier molecular flexibility index (Phi) is 6.15. The van der Waals surface area contributed by atoms with E-state index in [4.69, 9.17) is 6.42 Å². The molecule has 1 atom stereocenters. The molecule has 0 saturated heterocycles. The molecule has 2 heteroatoms. The Morgan fingerprint density at radius 3 is 3.07 bits per heavy atom. The van der Waals surface area contributed by atoms with Crippen LogP contribution in [0.4, 0.5) is 0 Å². The summed E-state index contributed by atoms with van der Waals surface area (Å²) in [5.74, 6) is 2.72. The Morgan fingerprint density at radius 2 is 2.47 bits per heavy atom. The van der Waals surface area contributed by atoms with Crippen molar-refractivity contribution in [3.05, 3.63) is 22.4 Å². The van der Waals surface area contributed by atoms with E-state index in [1.807, 2.05) is 11.3 Å². The standard InChI is InChI=1S/C13H19NS/c1-3-5-7-12(14-9-4-2)11-13-8-6-10-15-13/h1,6,8,10,12,14H,4-5,7,9,11H2,2H3. The van der Waals surface area contributed by atoms with Crippen molar-refractivity contribution in [2.75, 3.05) is 6.54 Å². The minimum absolute atomic E-state index is 0.541. The van der Waals surface area contributed by atoms with E-state index in [1.165, 1.54) is 11.3 Å². The van der Waals surface area contributed by atoms with Gasteiger partial charge in [0, 0.05) is 17.3 Å². The summed E-state index contributed by atoms with van der Waals surface area (Å²) in [6.45, 7) is 3.27. The van der Waals surface area contributed by atoms with Crippen molar-refractivity contribution in [2.45, 2.75) is 38.6 Å². The predicted octanol–water partition coefficient (Wildman–Crippen LogP) is 3.07. The Balaban J connectivity index is 2.38. The second kappa shape index (κ2) is 7.50. The third-order valence-corrected chi connectivity index (χ3v) is 3.25. The second-order valence-electron chi connectivity index (χ2n) is 3.68. The van der Waals surface area contributed by atoms with Gasteiger partial charge in [0.2, 0.25) is 0 Å². The maximum absolute atomic E-state index is 5.30. The summed E-state index contributed by atoms with van der Waals surface area (Å²) in [6, 6.07) is 4.85. The zero-order valence-corrected chi connectivity index (χ0v) is 10.1. The molecule has 0 aromatic carbocycles. The van der Waals surface area contributed by atoms with Gasteiger partial charge in [0.05, 0.1) is 0 Å². The van der Waals surface area contributed by atoms with Gasteiger partial charge in [-0.1, -0.05) is 13.0 Å². The molecule has 82 valence electrons. The van der Waals surface area contributed by atoms with Crippen LogP contribution >= 0.6 is 11.3 Å². The van der Waals surface area contributed by atoms with E-state index in [0.29, 0.717) is 6.04 Å². The molecule has 0 fully saturated rings. The quantitative estimate of drug-likeness (QED) is 0.698. The van der Waals surface area contributed by atoms with Crippen LogP contribution in [0.25, 0.3) is 0 Å². The molecule has 1 N–H and O–H groups in total. The molecule has 0 saturated carbocycles. The molecule has 15 heavy (non-hydrogen) atoms. The Bertz CT molecular complexity index is 284. The maximum Gasteiger partial charge on any atom is 0.0124 e. The largest absolute Gasteiger partial charge is 0.314 e. The molecule has 1 rings (SSSR count). The van der Waals surface area contributed by atoms with Crippen molar-refractivity contribution in [3.8, 4) is 12.3 Å². The Morgan fingerprint density at radius 1 is 1.60 bits per heavy atom. The van der Waals surface area contributed by atoms with Crippen molar-refractivity contribution in [1.82, 2.24) is 5.32 Å². The number of hydrogen-bond acceptors (Lipinski definition) is 2. The number of thiophene rings is 1. The van der Waals surface area contributed by atoms with E-state index in [0.717, 1.165) is 25.8 Å². The third kappa shape index (κ3) is 5.01. The molecule has 1 aromatic heterocycles. The fourth-order valence-electron chi connectivity index (χ4n) is 1.55. The highest BCUT2D eigenvalue weighted by molar-refractivity contribution is 7.09. The molecule has 0 aliphatic heterocycles. The van der Waals surface area contributed by atoms with Crippen LogP contribution in [0.15, 0.2) is 17.5 Å². The van der Waals surface area contributed by atoms with Gasteiger partial charge >= 0.3 is 0 Å². The van der Waals surface area contributed by atoms with Crippen LogP contribution in [-0.4, -0.2) is 12.6 Å². The van der Waals surface area contributed by atoms with Crippen LogP contribution in [0.3, 0.4) is 0 Å². The van der Waals surface area contributed by atoms with Gasteiger partial charge in [-0.15, -0.1) is 23.7 Å². The molecule has 0 spiro atoms. The lowest BCUT2D eigenvalue weighted by molar-refractivity contribution is 0.485. The zero-order valence-electron chi connectivity index (χ0n) is 9.33. The monoisotopic (exact) mass is 221 g/mol. The fraction of sp³-hybridized carbons (Fsp3) is 0.538. The van der Waals surface area contributed by atoms with E-state index in [-0.39, 0.29) is 0 Å². The van der Waals surface area contributed by atoms with Gasteiger partial charge in [-0.05, 0) is 37.3 Å². The molecule has 0 aliphatic rings. The molecular weight excluding hydrogens is 202 g/mol. The van der Waals surface area contributed by atoms with Gasteiger partial charge in [0.25, 0.3) is 0 Å². The van der Waals surface area contributed by atoms with Crippen molar-refractivity contribution in [2.24, 2.45) is 0 Å². The third-order valence-electron chi connectivity index (χ3n) is 2.35. The van der Waals surface area contributed by atoms with Gasteiger partial charge in [0.1, 0.15) is 0 Å². The molecule has 0 bridgehead atoms. The number of rotatable bonds is 7. The molecular formula is C13H19NS. The molecule has 1 nitrogen and oxygen atoms in total. The number of nitrogens with one attached hydrogen (secondary N) is 1. The van der Waals surface area contributed by atoms with Gasteiger partial charge in [-0.3, -0.25) is 0 Å². The van der Waals surface area contributed by atoms with E-state index in [2.05, 4.69) is 35.7 Å². The lowest BCUT2D eigenvalue weighted by atomic mass is 10.1. The topological polar surface area (TPSA) is 12.0 Å². The highest BCUT2D eigenvalue weighted by Crippen LogP contribution is 2.13. The Hall–Kier alpha value is -0.780. The van der Waals surface area contributed by atoms with Crippen LogP contribution in [0, 0.1) is 12.3 Å². The summed E-state index contributed by atoms with van der Waals surface area (Å²) in [4.78, 5) is 1.45. The molecule has 0 amide bonds.